The number of rotatable bonds is 4. The highest BCUT2D eigenvalue weighted by atomic mass is 35.5. The van der Waals surface area contributed by atoms with Crippen LogP contribution in [0.2, 0.25) is 5.15 Å². The molecular formula is C11H20ClN3. The number of hydrogen-bond donors (Lipinski definition) is 0. The Morgan fingerprint density at radius 2 is 2.07 bits per heavy atom. The first-order valence-corrected chi connectivity index (χ1v) is 5.66. The van der Waals surface area contributed by atoms with Crippen molar-refractivity contribution < 1.29 is 0 Å². The van der Waals surface area contributed by atoms with Crippen molar-refractivity contribution in [1.82, 2.24) is 14.7 Å². The maximum atomic E-state index is 6.17. The van der Waals surface area contributed by atoms with Gasteiger partial charge in [0, 0.05) is 25.7 Å². The Kier molecular flexibility index (Phi) is 4.17. The van der Waals surface area contributed by atoms with Crippen LogP contribution in [0.5, 0.6) is 0 Å². The lowest BCUT2D eigenvalue weighted by atomic mass is 10.2. The summed E-state index contributed by atoms with van der Waals surface area (Å²) >= 11 is 6.17. The first kappa shape index (κ1) is 12.5. The molecule has 15 heavy (non-hydrogen) atoms. The molecule has 1 heterocycles. The van der Waals surface area contributed by atoms with E-state index in [4.69, 9.17) is 11.6 Å². The third-order valence-electron chi connectivity index (χ3n) is 2.37. The van der Waals surface area contributed by atoms with Crippen LogP contribution in [0.4, 0.5) is 0 Å². The number of aryl methyl sites for hydroxylation is 2. The van der Waals surface area contributed by atoms with E-state index in [2.05, 4.69) is 30.9 Å². The van der Waals surface area contributed by atoms with Crippen LogP contribution in [0.3, 0.4) is 0 Å². The fourth-order valence-electron chi connectivity index (χ4n) is 1.81. The zero-order valence-corrected chi connectivity index (χ0v) is 11.0. The normalized spacial score (nSPS) is 11.7. The van der Waals surface area contributed by atoms with Crippen LogP contribution in [0, 0.1) is 12.8 Å². The Bertz CT molecular complexity index is 331. The zero-order chi connectivity index (χ0) is 11.6. The third-order valence-corrected chi connectivity index (χ3v) is 2.85. The first-order chi connectivity index (χ1) is 6.91. The largest absolute Gasteiger partial charge is 0.302 e. The van der Waals surface area contributed by atoms with Crippen LogP contribution in [0.1, 0.15) is 25.1 Å². The molecule has 1 rings (SSSR count). The second-order valence-electron chi connectivity index (χ2n) is 4.57. The summed E-state index contributed by atoms with van der Waals surface area (Å²) in [6.07, 6.45) is 0. The van der Waals surface area contributed by atoms with Crippen LogP contribution < -0.4 is 0 Å². The summed E-state index contributed by atoms with van der Waals surface area (Å²) < 4.78 is 1.73. The molecular weight excluding hydrogens is 210 g/mol. The molecule has 1 aromatic heterocycles. The lowest BCUT2D eigenvalue weighted by Crippen LogP contribution is -2.23. The van der Waals surface area contributed by atoms with E-state index in [0.717, 1.165) is 29.5 Å². The Labute approximate surface area is 97.0 Å². The summed E-state index contributed by atoms with van der Waals surface area (Å²) in [4.78, 5) is 2.28. The van der Waals surface area contributed by atoms with Crippen molar-refractivity contribution in [2.75, 3.05) is 13.6 Å². The van der Waals surface area contributed by atoms with E-state index in [-0.39, 0.29) is 0 Å². The maximum absolute atomic E-state index is 6.17. The van der Waals surface area contributed by atoms with E-state index >= 15 is 0 Å². The molecule has 0 saturated carbocycles. The molecule has 4 heteroatoms. The maximum Gasteiger partial charge on any atom is 0.131 e. The average molecular weight is 230 g/mol. The van der Waals surface area contributed by atoms with Gasteiger partial charge in [0.05, 0.1) is 5.69 Å². The fourth-order valence-corrected chi connectivity index (χ4v) is 2.05. The Balaban J connectivity index is 2.71. The standard InChI is InChI=1S/C11H20ClN3/c1-8(2)6-14(4)7-10-9(3)13-15(5)11(10)12/h8H,6-7H2,1-5H3. The van der Waals surface area contributed by atoms with E-state index in [0.29, 0.717) is 5.92 Å². The molecule has 0 fully saturated rings. The van der Waals surface area contributed by atoms with Crippen LogP contribution in [-0.4, -0.2) is 28.3 Å². The van der Waals surface area contributed by atoms with Crippen molar-refractivity contribution in [3.05, 3.63) is 16.4 Å². The SMILES string of the molecule is Cc1nn(C)c(Cl)c1CN(C)CC(C)C. The second-order valence-corrected chi connectivity index (χ2v) is 4.93. The van der Waals surface area contributed by atoms with Gasteiger partial charge in [0.15, 0.2) is 0 Å². The van der Waals surface area contributed by atoms with Gasteiger partial charge in [-0.1, -0.05) is 25.4 Å². The van der Waals surface area contributed by atoms with Crippen molar-refractivity contribution in [2.24, 2.45) is 13.0 Å². The minimum atomic E-state index is 0.672. The monoisotopic (exact) mass is 229 g/mol. The summed E-state index contributed by atoms with van der Waals surface area (Å²) in [5.41, 5.74) is 2.17. The van der Waals surface area contributed by atoms with Gasteiger partial charge in [-0.25, -0.2) is 0 Å². The van der Waals surface area contributed by atoms with Crippen molar-refractivity contribution >= 4 is 11.6 Å². The van der Waals surface area contributed by atoms with Gasteiger partial charge in [-0.2, -0.15) is 5.10 Å². The first-order valence-electron chi connectivity index (χ1n) is 5.28. The quantitative estimate of drug-likeness (QED) is 0.791. The summed E-state index contributed by atoms with van der Waals surface area (Å²) in [7, 11) is 3.99. The summed E-state index contributed by atoms with van der Waals surface area (Å²) in [5, 5.41) is 5.05. The topological polar surface area (TPSA) is 21.1 Å². The predicted octanol–water partition coefficient (Wildman–Crippen LogP) is 2.47. The zero-order valence-electron chi connectivity index (χ0n) is 10.2. The van der Waals surface area contributed by atoms with Gasteiger partial charge >= 0.3 is 0 Å². The van der Waals surface area contributed by atoms with E-state index < -0.39 is 0 Å². The van der Waals surface area contributed by atoms with Crippen LogP contribution in [0.25, 0.3) is 0 Å². The van der Waals surface area contributed by atoms with E-state index in [1.54, 1.807) is 4.68 Å². The van der Waals surface area contributed by atoms with Crippen LogP contribution in [-0.2, 0) is 13.6 Å². The summed E-state index contributed by atoms with van der Waals surface area (Å²) in [6.45, 7) is 8.38. The van der Waals surface area contributed by atoms with Gasteiger partial charge in [-0.05, 0) is 19.9 Å². The van der Waals surface area contributed by atoms with Gasteiger partial charge in [-0.15, -0.1) is 0 Å². The predicted molar refractivity (Wildman–Crippen MR) is 64.1 cm³/mol. The molecule has 1 aromatic rings. The number of nitrogens with zero attached hydrogens (tertiary/aromatic N) is 3. The van der Waals surface area contributed by atoms with Crippen molar-refractivity contribution in [1.29, 1.82) is 0 Å². The molecule has 0 aromatic carbocycles. The smallest absolute Gasteiger partial charge is 0.131 e. The summed E-state index contributed by atoms with van der Waals surface area (Å²) in [5.74, 6) is 0.672. The van der Waals surface area contributed by atoms with Crippen molar-refractivity contribution in [3.8, 4) is 0 Å². The lowest BCUT2D eigenvalue weighted by molar-refractivity contribution is 0.288. The van der Waals surface area contributed by atoms with Crippen molar-refractivity contribution in [3.63, 3.8) is 0 Å². The van der Waals surface area contributed by atoms with Gasteiger partial charge in [-0.3, -0.25) is 4.68 Å². The molecule has 0 atom stereocenters. The van der Waals surface area contributed by atoms with Gasteiger partial charge in [0.2, 0.25) is 0 Å². The second kappa shape index (κ2) is 4.99. The molecule has 0 N–H and O–H groups in total. The molecule has 0 saturated heterocycles. The van der Waals surface area contributed by atoms with E-state index in [1.165, 1.54) is 0 Å². The van der Waals surface area contributed by atoms with Gasteiger partial charge < -0.3 is 4.90 Å². The highest BCUT2D eigenvalue weighted by Crippen LogP contribution is 2.20. The molecule has 0 amide bonds. The van der Waals surface area contributed by atoms with Gasteiger partial charge in [0.25, 0.3) is 0 Å². The lowest BCUT2D eigenvalue weighted by Gasteiger charge is -2.18. The molecule has 0 aliphatic carbocycles. The molecule has 0 aliphatic heterocycles. The molecule has 0 radical (unpaired) electrons. The number of aromatic nitrogens is 2. The van der Waals surface area contributed by atoms with E-state index in [9.17, 15) is 0 Å². The minimum absolute atomic E-state index is 0.672. The van der Waals surface area contributed by atoms with Crippen LogP contribution >= 0.6 is 11.6 Å². The number of hydrogen-bond acceptors (Lipinski definition) is 2. The molecule has 0 spiro atoms. The minimum Gasteiger partial charge on any atom is -0.302 e. The number of halogens is 1. The van der Waals surface area contributed by atoms with Crippen molar-refractivity contribution in [2.45, 2.75) is 27.3 Å². The van der Waals surface area contributed by atoms with Crippen LogP contribution in [0.15, 0.2) is 0 Å². The third kappa shape index (κ3) is 3.21. The highest BCUT2D eigenvalue weighted by molar-refractivity contribution is 6.30. The highest BCUT2D eigenvalue weighted by Gasteiger charge is 2.13. The Morgan fingerprint density at radius 3 is 2.47 bits per heavy atom. The summed E-state index contributed by atoms with van der Waals surface area (Å²) in [6, 6.07) is 0. The fraction of sp³-hybridized carbons (Fsp3) is 0.727. The average Bonchev–Trinajstić information content (AvgIpc) is 2.31. The Morgan fingerprint density at radius 1 is 1.47 bits per heavy atom. The van der Waals surface area contributed by atoms with E-state index in [1.807, 2.05) is 14.0 Å². The molecule has 86 valence electrons. The van der Waals surface area contributed by atoms with Gasteiger partial charge in [0.1, 0.15) is 5.15 Å². The Hall–Kier alpha value is -0.540. The molecule has 0 aliphatic rings. The molecule has 0 bridgehead atoms. The molecule has 0 unspecified atom stereocenters. The molecule has 3 nitrogen and oxygen atoms in total.